The van der Waals surface area contributed by atoms with Crippen LogP contribution in [0.3, 0.4) is 0 Å². The van der Waals surface area contributed by atoms with E-state index in [1.54, 1.807) is 60.7 Å². The summed E-state index contributed by atoms with van der Waals surface area (Å²) in [6.07, 6.45) is 0. The summed E-state index contributed by atoms with van der Waals surface area (Å²) in [5.41, 5.74) is 9.73. The van der Waals surface area contributed by atoms with Crippen LogP contribution >= 0.6 is 11.3 Å². The first-order valence-corrected chi connectivity index (χ1v) is 14.4. The van der Waals surface area contributed by atoms with Crippen molar-refractivity contribution in [3.8, 4) is 22.4 Å². The standard InChI is InChI=1S/C29H24N6O3S2/c30-27(31)20-8-6-7-19(17-20)25-26(39-29(35-25)34-21-9-2-1-3-10-21)28(36)33-22-15-13-18(14-16-22)23-11-4-5-12-24(23)40(32,37)38/h1-17H,(H3,30,31)(H,33,36)(H,34,35)(H2,32,37,38). The van der Waals surface area contributed by atoms with Crippen molar-refractivity contribution in [3.63, 3.8) is 0 Å². The number of nitrogen functional groups attached to an aromatic ring is 1. The lowest BCUT2D eigenvalue weighted by atomic mass is 10.1. The van der Waals surface area contributed by atoms with Gasteiger partial charge in [-0.3, -0.25) is 10.2 Å². The summed E-state index contributed by atoms with van der Waals surface area (Å²) in [4.78, 5) is 18.6. The van der Waals surface area contributed by atoms with Crippen LogP contribution in [0.5, 0.6) is 0 Å². The highest BCUT2D eigenvalue weighted by Gasteiger charge is 2.21. The summed E-state index contributed by atoms with van der Waals surface area (Å²) in [6, 6.07) is 29.8. The zero-order valence-corrected chi connectivity index (χ0v) is 22.6. The van der Waals surface area contributed by atoms with Crippen molar-refractivity contribution in [2.75, 3.05) is 10.6 Å². The molecule has 9 nitrogen and oxygen atoms in total. The molecular formula is C29H24N6O3S2. The van der Waals surface area contributed by atoms with Crippen molar-refractivity contribution >= 4 is 49.6 Å². The van der Waals surface area contributed by atoms with Crippen molar-refractivity contribution in [1.29, 1.82) is 5.41 Å². The quantitative estimate of drug-likeness (QED) is 0.124. The number of anilines is 3. The van der Waals surface area contributed by atoms with E-state index in [1.807, 2.05) is 36.4 Å². The number of aromatic nitrogens is 1. The molecule has 4 aromatic carbocycles. The van der Waals surface area contributed by atoms with Gasteiger partial charge in [-0.15, -0.1) is 0 Å². The minimum atomic E-state index is -3.91. The number of amidine groups is 1. The predicted molar refractivity (Wildman–Crippen MR) is 159 cm³/mol. The number of carbonyl (C=O) groups excluding carboxylic acids is 1. The number of sulfonamides is 1. The third kappa shape index (κ3) is 5.91. The first-order chi connectivity index (χ1) is 19.2. The average Bonchev–Trinajstić information content (AvgIpc) is 3.37. The van der Waals surface area contributed by atoms with E-state index in [0.717, 1.165) is 5.69 Å². The van der Waals surface area contributed by atoms with Gasteiger partial charge in [-0.2, -0.15) is 0 Å². The highest BCUT2D eigenvalue weighted by Crippen LogP contribution is 2.34. The second-order valence-electron chi connectivity index (χ2n) is 8.75. The van der Waals surface area contributed by atoms with E-state index in [0.29, 0.717) is 43.6 Å². The number of thiazole rings is 1. The van der Waals surface area contributed by atoms with E-state index in [9.17, 15) is 13.2 Å². The highest BCUT2D eigenvalue weighted by atomic mass is 32.2. The third-order valence-electron chi connectivity index (χ3n) is 5.95. The van der Waals surface area contributed by atoms with E-state index >= 15 is 0 Å². The summed E-state index contributed by atoms with van der Waals surface area (Å²) in [5.74, 6) is -0.464. The summed E-state index contributed by atoms with van der Waals surface area (Å²) in [5, 5.41) is 19.8. The van der Waals surface area contributed by atoms with Crippen molar-refractivity contribution in [2.45, 2.75) is 4.90 Å². The average molecular weight is 569 g/mol. The summed E-state index contributed by atoms with van der Waals surface area (Å²) in [6.45, 7) is 0. The van der Waals surface area contributed by atoms with E-state index in [2.05, 4.69) is 10.6 Å². The van der Waals surface area contributed by atoms with Gasteiger partial charge in [0.25, 0.3) is 5.91 Å². The normalized spacial score (nSPS) is 11.1. The van der Waals surface area contributed by atoms with Gasteiger partial charge in [0.2, 0.25) is 10.0 Å². The Morgan fingerprint density at radius 2 is 1.52 bits per heavy atom. The number of nitrogens with one attached hydrogen (secondary N) is 3. The lowest BCUT2D eigenvalue weighted by Gasteiger charge is -2.10. The third-order valence-corrected chi connectivity index (χ3v) is 7.89. The number of rotatable bonds is 8. The number of hydrogen-bond acceptors (Lipinski definition) is 7. The molecule has 5 aromatic rings. The monoisotopic (exact) mass is 568 g/mol. The van der Waals surface area contributed by atoms with Gasteiger partial charge in [0.1, 0.15) is 10.7 Å². The van der Waals surface area contributed by atoms with Gasteiger partial charge in [-0.1, -0.05) is 78.1 Å². The van der Waals surface area contributed by atoms with Crippen molar-refractivity contribution in [2.24, 2.45) is 10.9 Å². The molecule has 7 N–H and O–H groups in total. The molecule has 0 bridgehead atoms. The molecule has 1 amide bonds. The Kier molecular flexibility index (Phi) is 7.43. The molecule has 0 aliphatic rings. The molecule has 0 aliphatic heterocycles. The largest absolute Gasteiger partial charge is 0.384 e. The molecule has 0 radical (unpaired) electrons. The lowest BCUT2D eigenvalue weighted by Crippen LogP contribution is -2.13. The Morgan fingerprint density at radius 3 is 2.23 bits per heavy atom. The Morgan fingerprint density at radius 1 is 0.825 bits per heavy atom. The van der Waals surface area contributed by atoms with Crippen LogP contribution < -0.4 is 21.5 Å². The van der Waals surface area contributed by atoms with Crippen LogP contribution in [0.1, 0.15) is 15.2 Å². The molecule has 200 valence electrons. The van der Waals surface area contributed by atoms with Crippen molar-refractivity contribution < 1.29 is 13.2 Å². The van der Waals surface area contributed by atoms with Gasteiger partial charge in [-0.25, -0.2) is 18.5 Å². The minimum absolute atomic E-state index is 0.0207. The highest BCUT2D eigenvalue weighted by molar-refractivity contribution is 7.89. The summed E-state index contributed by atoms with van der Waals surface area (Å²) < 4.78 is 24.0. The molecule has 0 saturated heterocycles. The second kappa shape index (κ2) is 11.1. The van der Waals surface area contributed by atoms with Crippen LogP contribution in [0.25, 0.3) is 22.4 Å². The van der Waals surface area contributed by atoms with E-state index in [4.69, 9.17) is 21.3 Å². The number of hydrogen-bond donors (Lipinski definition) is 5. The molecule has 0 spiro atoms. The number of para-hydroxylation sites is 1. The maximum atomic E-state index is 13.5. The van der Waals surface area contributed by atoms with E-state index in [-0.39, 0.29) is 16.6 Å². The fourth-order valence-electron chi connectivity index (χ4n) is 4.08. The molecule has 0 aliphatic carbocycles. The van der Waals surface area contributed by atoms with Crippen LogP contribution in [0.4, 0.5) is 16.5 Å². The zero-order valence-electron chi connectivity index (χ0n) is 21.0. The number of carbonyl (C=O) groups is 1. The summed E-state index contributed by atoms with van der Waals surface area (Å²) in [7, 11) is -3.91. The van der Waals surface area contributed by atoms with Gasteiger partial charge in [0, 0.05) is 28.1 Å². The van der Waals surface area contributed by atoms with E-state index < -0.39 is 10.0 Å². The topological polar surface area (TPSA) is 164 Å². The molecule has 1 aromatic heterocycles. The van der Waals surface area contributed by atoms with Crippen LogP contribution in [0.15, 0.2) is 108 Å². The molecular weight excluding hydrogens is 544 g/mol. The van der Waals surface area contributed by atoms with Gasteiger partial charge >= 0.3 is 0 Å². The number of nitrogens with two attached hydrogens (primary N) is 2. The maximum Gasteiger partial charge on any atom is 0.268 e. The molecule has 1 heterocycles. The zero-order chi connectivity index (χ0) is 28.3. The lowest BCUT2D eigenvalue weighted by molar-refractivity contribution is 0.103. The van der Waals surface area contributed by atoms with Crippen molar-refractivity contribution in [1.82, 2.24) is 4.98 Å². The van der Waals surface area contributed by atoms with Gasteiger partial charge < -0.3 is 16.4 Å². The predicted octanol–water partition coefficient (Wildman–Crippen LogP) is 5.40. The van der Waals surface area contributed by atoms with Gasteiger partial charge in [0.15, 0.2) is 5.13 Å². The minimum Gasteiger partial charge on any atom is -0.384 e. The molecule has 11 heteroatoms. The van der Waals surface area contributed by atoms with Gasteiger partial charge in [-0.05, 0) is 42.0 Å². The van der Waals surface area contributed by atoms with Crippen LogP contribution in [-0.4, -0.2) is 25.1 Å². The number of primary sulfonamides is 1. The molecule has 0 unspecified atom stereocenters. The molecule has 0 atom stereocenters. The molecule has 0 fully saturated rings. The van der Waals surface area contributed by atoms with Crippen LogP contribution in [0, 0.1) is 5.41 Å². The SMILES string of the molecule is N=C(N)c1cccc(-c2nc(Nc3ccccc3)sc2C(=O)Nc2ccc(-c3ccccc3S(N)(=O)=O)cc2)c1. The Labute approximate surface area is 235 Å². The fourth-order valence-corrected chi connectivity index (χ4v) is 5.74. The second-order valence-corrected chi connectivity index (χ2v) is 11.3. The van der Waals surface area contributed by atoms with Crippen molar-refractivity contribution in [3.05, 3.63) is 114 Å². The Bertz CT molecular complexity index is 1820. The number of nitrogens with zero attached hydrogens (tertiary/aromatic N) is 1. The molecule has 40 heavy (non-hydrogen) atoms. The fraction of sp³-hybridized carbons (Fsp3) is 0. The first kappa shape index (κ1) is 26.8. The van der Waals surface area contributed by atoms with E-state index in [1.165, 1.54) is 17.4 Å². The molecule has 0 saturated carbocycles. The molecule has 5 rings (SSSR count). The van der Waals surface area contributed by atoms with Gasteiger partial charge in [0.05, 0.1) is 10.6 Å². The Hall–Kier alpha value is -4.84. The maximum absolute atomic E-state index is 13.5. The number of amides is 1. The number of benzene rings is 4. The summed E-state index contributed by atoms with van der Waals surface area (Å²) >= 11 is 1.20. The van der Waals surface area contributed by atoms with Crippen LogP contribution in [0.2, 0.25) is 0 Å². The first-order valence-electron chi connectivity index (χ1n) is 12.0. The Balaban J connectivity index is 1.46. The smallest absolute Gasteiger partial charge is 0.268 e. The van der Waals surface area contributed by atoms with Crippen LogP contribution in [-0.2, 0) is 10.0 Å².